The van der Waals surface area contributed by atoms with Gasteiger partial charge < -0.3 is 4.57 Å². The van der Waals surface area contributed by atoms with E-state index in [2.05, 4.69) is 25.6 Å². The van der Waals surface area contributed by atoms with Crippen molar-refractivity contribution in [2.75, 3.05) is 0 Å². The maximum absolute atomic E-state index is 12.3. The molecule has 0 N–H and O–H groups in total. The molecule has 1 heterocycles. The lowest BCUT2D eigenvalue weighted by molar-refractivity contribution is 0.546. The first kappa shape index (κ1) is 12.7. The molecule has 0 saturated carbocycles. The van der Waals surface area contributed by atoms with Gasteiger partial charge in [0.25, 0.3) is 5.56 Å². The molecule has 0 bridgehead atoms. The number of thiol groups is 1. The van der Waals surface area contributed by atoms with Gasteiger partial charge in [-0.05, 0) is 43.7 Å². The van der Waals surface area contributed by atoms with E-state index in [1.54, 1.807) is 0 Å². The van der Waals surface area contributed by atoms with E-state index in [-0.39, 0.29) is 5.56 Å². The van der Waals surface area contributed by atoms with Crippen molar-refractivity contribution in [2.45, 2.75) is 57.7 Å². The smallest absolute Gasteiger partial charge is 0.254 e. The number of hydrogen-bond acceptors (Lipinski definition) is 2. The molecule has 1 aromatic heterocycles. The molecule has 1 aliphatic carbocycles. The fourth-order valence-electron chi connectivity index (χ4n) is 2.61. The molecular weight excluding hydrogens is 230 g/mol. The zero-order valence-corrected chi connectivity index (χ0v) is 11.4. The minimum atomic E-state index is 0.189. The molecule has 0 radical (unpaired) electrons. The predicted octanol–water partition coefficient (Wildman–Crippen LogP) is 2.96. The van der Waals surface area contributed by atoms with Crippen LogP contribution in [0.1, 0.15) is 49.4 Å². The summed E-state index contributed by atoms with van der Waals surface area (Å²) >= 11 is 4.27. The second-order valence-corrected chi connectivity index (χ2v) is 5.13. The SMILES string of the molecule is CCCCn1c2c(cc(CS)c1=O)CCCC2. The molecule has 94 valence electrons. The van der Waals surface area contributed by atoms with Crippen molar-refractivity contribution in [1.82, 2.24) is 4.57 Å². The number of aryl methyl sites for hydroxylation is 1. The van der Waals surface area contributed by atoms with Crippen LogP contribution in [0.4, 0.5) is 0 Å². The Morgan fingerprint density at radius 2 is 2.12 bits per heavy atom. The van der Waals surface area contributed by atoms with E-state index in [1.807, 2.05) is 4.57 Å². The quantitative estimate of drug-likeness (QED) is 0.817. The molecule has 1 aromatic rings. The molecule has 0 unspecified atom stereocenters. The van der Waals surface area contributed by atoms with Gasteiger partial charge in [-0.1, -0.05) is 13.3 Å². The highest BCUT2D eigenvalue weighted by Gasteiger charge is 2.16. The fourth-order valence-corrected chi connectivity index (χ4v) is 2.84. The second-order valence-electron chi connectivity index (χ2n) is 4.82. The average molecular weight is 251 g/mol. The summed E-state index contributed by atoms with van der Waals surface area (Å²) in [6, 6.07) is 2.09. The van der Waals surface area contributed by atoms with Crippen LogP contribution in [0.15, 0.2) is 10.9 Å². The third-order valence-electron chi connectivity index (χ3n) is 3.58. The van der Waals surface area contributed by atoms with Crippen molar-refractivity contribution in [2.24, 2.45) is 0 Å². The van der Waals surface area contributed by atoms with E-state index < -0.39 is 0 Å². The Morgan fingerprint density at radius 3 is 2.82 bits per heavy atom. The minimum Gasteiger partial charge on any atom is -0.312 e. The molecule has 0 fully saturated rings. The van der Waals surface area contributed by atoms with Crippen molar-refractivity contribution in [1.29, 1.82) is 0 Å². The lowest BCUT2D eigenvalue weighted by atomic mass is 9.94. The van der Waals surface area contributed by atoms with Gasteiger partial charge in [-0.25, -0.2) is 0 Å². The van der Waals surface area contributed by atoms with Crippen LogP contribution in [0.25, 0.3) is 0 Å². The Labute approximate surface area is 108 Å². The summed E-state index contributed by atoms with van der Waals surface area (Å²) in [5.74, 6) is 0.554. The third-order valence-corrected chi connectivity index (χ3v) is 3.92. The maximum Gasteiger partial charge on any atom is 0.254 e. The summed E-state index contributed by atoms with van der Waals surface area (Å²) in [7, 11) is 0. The molecule has 2 rings (SSSR count). The Kier molecular flexibility index (Phi) is 4.32. The first-order valence-corrected chi connectivity index (χ1v) is 7.26. The van der Waals surface area contributed by atoms with Gasteiger partial charge in [-0.3, -0.25) is 4.79 Å². The molecule has 3 heteroatoms. The highest BCUT2D eigenvalue weighted by molar-refractivity contribution is 7.79. The van der Waals surface area contributed by atoms with Crippen molar-refractivity contribution >= 4 is 12.6 Å². The lowest BCUT2D eigenvalue weighted by Crippen LogP contribution is -2.29. The van der Waals surface area contributed by atoms with Crippen LogP contribution < -0.4 is 5.56 Å². The molecule has 17 heavy (non-hydrogen) atoms. The van der Waals surface area contributed by atoms with Gasteiger partial charge in [0.1, 0.15) is 0 Å². The second kappa shape index (κ2) is 5.76. The van der Waals surface area contributed by atoms with Gasteiger partial charge in [0.05, 0.1) is 0 Å². The zero-order chi connectivity index (χ0) is 12.3. The Morgan fingerprint density at radius 1 is 1.35 bits per heavy atom. The molecule has 0 saturated heterocycles. The number of unbranched alkanes of at least 4 members (excludes halogenated alkanes) is 1. The fraction of sp³-hybridized carbons (Fsp3) is 0.643. The van der Waals surface area contributed by atoms with E-state index in [0.29, 0.717) is 5.75 Å². The molecule has 0 amide bonds. The number of rotatable bonds is 4. The first-order valence-electron chi connectivity index (χ1n) is 6.63. The minimum absolute atomic E-state index is 0.189. The van der Waals surface area contributed by atoms with Crippen LogP contribution in [0.5, 0.6) is 0 Å². The van der Waals surface area contributed by atoms with Gasteiger partial charge in [0, 0.05) is 23.6 Å². The number of nitrogens with zero attached hydrogens (tertiary/aromatic N) is 1. The van der Waals surface area contributed by atoms with Gasteiger partial charge in [0.2, 0.25) is 0 Å². The standard InChI is InChI=1S/C14H21NOS/c1-2-3-8-15-13-7-5-4-6-11(13)9-12(10-17)14(15)16/h9,17H,2-8,10H2,1H3. The summed E-state index contributed by atoms with van der Waals surface area (Å²) in [6.07, 6.45) is 6.89. The Balaban J connectivity index is 2.48. The summed E-state index contributed by atoms with van der Waals surface area (Å²) in [6.45, 7) is 3.04. The number of hydrogen-bond donors (Lipinski definition) is 1. The molecule has 0 aliphatic heterocycles. The first-order chi connectivity index (χ1) is 8.27. The summed E-state index contributed by atoms with van der Waals surface area (Å²) < 4.78 is 2.02. The summed E-state index contributed by atoms with van der Waals surface area (Å²) in [5, 5.41) is 0. The molecule has 0 spiro atoms. The highest BCUT2D eigenvalue weighted by atomic mass is 32.1. The molecule has 2 nitrogen and oxygen atoms in total. The lowest BCUT2D eigenvalue weighted by Gasteiger charge is -2.22. The summed E-state index contributed by atoms with van der Waals surface area (Å²) in [5.41, 5.74) is 3.73. The van der Waals surface area contributed by atoms with Crippen LogP contribution >= 0.6 is 12.6 Å². The molecule has 0 aromatic carbocycles. The van der Waals surface area contributed by atoms with Crippen molar-refractivity contribution in [3.63, 3.8) is 0 Å². The van der Waals surface area contributed by atoms with E-state index in [0.717, 1.165) is 37.8 Å². The average Bonchev–Trinajstić information content (AvgIpc) is 2.37. The van der Waals surface area contributed by atoms with Crippen LogP contribution in [-0.4, -0.2) is 4.57 Å². The van der Waals surface area contributed by atoms with Crippen LogP contribution in [0, 0.1) is 0 Å². The highest BCUT2D eigenvalue weighted by Crippen LogP contribution is 2.21. The monoisotopic (exact) mass is 251 g/mol. The third kappa shape index (κ3) is 2.59. The molecule has 1 aliphatic rings. The van der Waals surface area contributed by atoms with Crippen LogP contribution in [-0.2, 0) is 25.1 Å². The summed E-state index contributed by atoms with van der Waals surface area (Å²) in [4.78, 5) is 12.3. The molecular formula is C14H21NOS. The largest absolute Gasteiger partial charge is 0.312 e. The van der Waals surface area contributed by atoms with E-state index >= 15 is 0 Å². The zero-order valence-electron chi connectivity index (χ0n) is 10.5. The normalized spacial score (nSPS) is 14.7. The number of pyridine rings is 1. The van der Waals surface area contributed by atoms with Crippen molar-refractivity contribution in [3.05, 3.63) is 33.2 Å². The number of aromatic nitrogens is 1. The number of fused-ring (bicyclic) bond motifs is 1. The van der Waals surface area contributed by atoms with E-state index in [9.17, 15) is 4.79 Å². The van der Waals surface area contributed by atoms with Gasteiger partial charge in [0.15, 0.2) is 0 Å². The van der Waals surface area contributed by atoms with Gasteiger partial charge in [-0.15, -0.1) is 0 Å². The maximum atomic E-state index is 12.3. The van der Waals surface area contributed by atoms with Crippen LogP contribution in [0.3, 0.4) is 0 Å². The van der Waals surface area contributed by atoms with Gasteiger partial charge >= 0.3 is 0 Å². The van der Waals surface area contributed by atoms with Crippen molar-refractivity contribution in [3.8, 4) is 0 Å². The Hall–Kier alpha value is -0.700. The van der Waals surface area contributed by atoms with Gasteiger partial charge in [-0.2, -0.15) is 12.6 Å². The predicted molar refractivity (Wildman–Crippen MR) is 74.9 cm³/mol. The Bertz CT molecular complexity index is 450. The van der Waals surface area contributed by atoms with E-state index in [4.69, 9.17) is 0 Å². The van der Waals surface area contributed by atoms with E-state index in [1.165, 1.54) is 24.1 Å². The van der Waals surface area contributed by atoms with Crippen LogP contribution in [0.2, 0.25) is 0 Å². The van der Waals surface area contributed by atoms with Crippen molar-refractivity contribution < 1.29 is 0 Å². The topological polar surface area (TPSA) is 22.0 Å². The molecule has 0 atom stereocenters.